The Labute approximate surface area is 132 Å². The summed E-state index contributed by atoms with van der Waals surface area (Å²) in [5.41, 5.74) is 4.17. The molecule has 0 spiro atoms. The summed E-state index contributed by atoms with van der Waals surface area (Å²) in [4.78, 5) is 16.0. The van der Waals surface area contributed by atoms with Gasteiger partial charge < -0.3 is 4.74 Å². The van der Waals surface area contributed by atoms with E-state index in [9.17, 15) is 13.6 Å². The van der Waals surface area contributed by atoms with Gasteiger partial charge in [0.2, 0.25) is 5.88 Å². The van der Waals surface area contributed by atoms with Gasteiger partial charge in [-0.1, -0.05) is 6.07 Å². The summed E-state index contributed by atoms with van der Waals surface area (Å²) in [6, 6.07) is 4.99. The Morgan fingerprint density at radius 2 is 1.95 bits per heavy atom. The molecule has 1 aromatic heterocycles. The minimum Gasteiger partial charge on any atom is -0.480 e. The van der Waals surface area contributed by atoms with Crippen LogP contribution in [0.3, 0.4) is 0 Å². The van der Waals surface area contributed by atoms with Crippen molar-refractivity contribution in [2.45, 2.75) is 0 Å². The smallest absolute Gasteiger partial charge is 0.276 e. The minimum absolute atomic E-state index is 0.121. The van der Waals surface area contributed by atoms with Gasteiger partial charge in [0.15, 0.2) is 11.6 Å². The average Bonchev–Trinajstić information content (AvgIpc) is 2.46. The summed E-state index contributed by atoms with van der Waals surface area (Å²) in [5.74, 6) is -2.13. The first-order chi connectivity index (χ1) is 10.0. The third-order valence-electron chi connectivity index (χ3n) is 2.55. The van der Waals surface area contributed by atoms with Gasteiger partial charge in [-0.15, -0.1) is 0 Å². The molecular weight excluding hydrogens is 395 g/mol. The number of halogens is 3. The van der Waals surface area contributed by atoms with E-state index in [0.717, 1.165) is 12.1 Å². The molecule has 1 amide bonds. The normalized spacial score (nSPS) is 10.1. The lowest BCUT2D eigenvalue weighted by molar-refractivity contribution is 0.0957. The van der Waals surface area contributed by atoms with Crippen molar-refractivity contribution in [3.05, 3.63) is 51.2 Å². The number of para-hydroxylation sites is 1. The first-order valence-electron chi connectivity index (χ1n) is 5.73. The van der Waals surface area contributed by atoms with Crippen LogP contribution in [0.1, 0.15) is 10.4 Å². The molecular formula is C13H10F2IN3O2. The summed E-state index contributed by atoms with van der Waals surface area (Å²) in [5, 5.41) is 0. The molecule has 0 unspecified atom stereocenters. The topological polar surface area (TPSA) is 63.2 Å². The molecule has 21 heavy (non-hydrogen) atoms. The molecule has 110 valence electrons. The fourth-order valence-electron chi connectivity index (χ4n) is 1.58. The zero-order valence-corrected chi connectivity index (χ0v) is 12.9. The van der Waals surface area contributed by atoms with Crippen molar-refractivity contribution < 1.29 is 18.3 Å². The first-order valence-corrected chi connectivity index (χ1v) is 6.81. The van der Waals surface area contributed by atoms with Gasteiger partial charge in [-0.05, 0) is 40.8 Å². The Bertz CT molecular complexity index is 662. The van der Waals surface area contributed by atoms with E-state index in [1.54, 1.807) is 6.07 Å². The van der Waals surface area contributed by atoms with E-state index in [1.807, 2.05) is 22.6 Å². The second kappa shape index (κ2) is 6.66. The predicted octanol–water partition coefficient (Wildman–Crippen LogP) is 2.73. The fourth-order valence-corrected chi connectivity index (χ4v) is 2.22. The van der Waals surface area contributed by atoms with Gasteiger partial charge in [0.25, 0.3) is 5.91 Å². The molecule has 0 aliphatic rings. The molecule has 0 fully saturated rings. The first kappa shape index (κ1) is 15.4. The number of anilines is 1. The van der Waals surface area contributed by atoms with Crippen molar-refractivity contribution in [2.75, 3.05) is 12.5 Å². The summed E-state index contributed by atoms with van der Waals surface area (Å²) >= 11 is 1.94. The monoisotopic (exact) mass is 405 g/mol. The lowest BCUT2D eigenvalue weighted by Gasteiger charge is -2.12. The molecule has 1 aromatic carbocycles. The number of methoxy groups -OCH3 is 1. The highest BCUT2D eigenvalue weighted by molar-refractivity contribution is 14.1. The predicted molar refractivity (Wildman–Crippen MR) is 81.0 cm³/mol. The van der Waals surface area contributed by atoms with Crippen molar-refractivity contribution in [3.8, 4) is 5.88 Å². The van der Waals surface area contributed by atoms with Crippen LogP contribution in [0.25, 0.3) is 0 Å². The molecule has 2 N–H and O–H groups in total. The molecule has 0 aliphatic carbocycles. The highest BCUT2D eigenvalue weighted by Crippen LogP contribution is 2.21. The fraction of sp³-hybridized carbons (Fsp3) is 0.0769. The summed E-state index contributed by atoms with van der Waals surface area (Å²) in [6.07, 6.45) is 1.49. The van der Waals surface area contributed by atoms with E-state index in [4.69, 9.17) is 4.74 Å². The van der Waals surface area contributed by atoms with Crippen LogP contribution in [0, 0.1) is 15.2 Å². The summed E-state index contributed by atoms with van der Waals surface area (Å²) in [7, 11) is 1.37. The van der Waals surface area contributed by atoms with Crippen LogP contribution < -0.4 is 15.6 Å². The van der Waals surface area contributed by atoms with Gasteiger partial charge in [-0.25, -0.2) is 13.8 Å². The van der Waals surface area contributed by atoms with Crippen molar-refractivity contribution >= 4 is 34.2 Å². The standard InChI is InChI=1S/C13H10F2IN3O2/c1-21-13-10(9(16)5-6-17-13)12(20)19-18-11-7(14)3-2-4-8(11)15/h2-6,18H,1H3,(H,19,20). The average molecular weight is 405 g/mol. The van der Waals surface area contributed by atoms with Crippen LogP contribution in [0.2, 0.25) is 0 Å². The molecule has 2 aromatic rings. The number of hydrazine groups is 1. The van der Waals surface area contributed by atoms with E-state index in [1.165, 1.54) is 19.4 Å². The molecule has 0 bridgehead atoms. The number of carbonyl (C=O) groups excluding carboxylic acids is 1. The summed E-state index contributed by atoms with van der Waals surface area (Å²) in [6.45, 7) is 0. The second-order valence-corrected chi connectivity index (χ2v) is 5.02. The Balaban J connectivity index is 2.20. The Morgan fingerprint density at radius 1 is 1.29 bits per heavy atom. The third kappa shape index (κ3) is 3.38. The van der Waals surface area contributed by atoms with Gasteiger partial charge >= 0.3 is 0 Å². The number of hydrogen-bond acceptors (Lipinski definition) is 4. The second-order valence-electron chi connectivity index (χ2n) is 3.85. The van der Waals surface area contributed by atoms with Crippen molar-refractivity contribution in [3.63, 3.8) is 0 Å². The van der Waals surface area contributed by atoms with Crippen LogP contribution in [0.15, 0.2) is 30.5 Å². The Hall–Kier alpha value is -1.97. The van der Waals surface area contributed by atoms with E-state index < -0.39 is 23.2 Å². The molecule has 5 nitrogen and oxygen atoms in total. The largest absolute Gasteiger partial charge is 0.480 e. The molecule has 0 aliphatic heterocycles. The van der Waals surface area contributed by atoms with Gasteiger partial charge in [0, 0.05) is 9.77 Å². The van der Waals surface area contributed by atoms with Gasteiger partial charge in [-0.2, -0.15) is 0 Å². The van der Waals surface area contributed by atoms with Crippen LogP contribution in [0.5, 0.6) is 5.88 Å². The maximum Gasteiger partial charge on any atom is 0.276 e. The van der Waals surface area contributed by atoms with Crippen molar-refractivity contribution in [1.82, 2.24) is 10.4 Å². The zero-order chi connectivity index (χ0) is 15.4. The number of nitrogens with zero attached hydrogens (tertiary/aromatic N) is 1. The highest BCUT2D eigenvalue weighted by Gasteiger charge is 2.18. The number of ether oxygens (including phenoxy) is 1. The molecule has 8 heteroatoms. The maximum atomic E-state index is 13.4. The van der Waals surface area contributed by atoms with Crippen molar-refractivity contribution in [2.24, 2.45) is 0 Å². The van der Waals surface area contributed by atoms with Gasteiger partial charge in [-0.3, -0.25) is 15.6 Å². The molecule has 0 atom stereocenters. The van der Waals surface area contributed by atoms with E-state index >= 15 is 0 Å². The van der Waals surface area contributed by atoms with Gasteiger partial charge in [0.1, 0.15) is 11.3 Å². The maximum absolute atomic E-state index is 13.4. The van der Waals surface area contributed by atoms with Crippen LogP contribution >= 0.6 is 22.6 Å². The van der Waals surface area contributed by atoms with Crippen LogP contribution in [-0.4, -0.2) is 18.0 Å². The number of carbonyl (C=O) groups is 1. The minimum atomic E-state index is -0.817. The number of pyridine rings is 1. The quantitative estimate of drug-likeness (QED) is 0.607. The lowest BCUT2D eigenvalue weighted by atomic mass is 10.2. The van der Waals surface area contributed by atoms with Crippen molar-refractivity contribution in [1.29, 1.82) is 0 Å². The Morgan fingerprint density at radius 3 is 2.57 bits per heavy atom. The number of amides is 1. The van der Waals surface area contributed by atoms with Crippen LogP contribution in [0.4, 0.5) is 14.5 Å². The third-order valence-corrected chi connectivity index (χ3v) is 3.45. The summed E-state index contributed by atoms with van der Waals surface area (Å²) < 4.78 is 32.5. The highest BCUT2D eigenvalue weighted by atomic mass is 127. The molecule has 1 heterocycles. The zero-order valence-electron chi connectivity index (χ0n) is 10.8. The van der Waals surface area contributed by atoms with E-state index in [0.29, 0.717) is 3.57 Å². The number of benzene rings is 1. The number of nitrogens with one attached hydrogen (secondary N) is 2. The number of hydrogen-bond donors (Lipinski definition) is 2. The SMILES string of the molecule is COc1nccc(I)c1C(=O)NNc1c(F)cccc1F. The number of rotatable bonds is 4. The Kier molecular flexibility index (Phi) is 4.89. The number of aromatic nitrogens is 1. The van der Waals surface area contributed by atoms with Crippen LogP contribution in [-0.2, 0) is 0 Å². The molecule has 0 radical (unpaired) electrons. The molecule has 0 saturated heterocycles. The molecule has 0 saturated carbocycles. The molecule has 2 rings (SSSR count). The van der Waals surface area contributed by atoms with E-state index in [-0.39, 0.29) is 11.4 Å². The van der Waals surface area contributed by atoms with Gasteiger partial charge in [0.05, 0.1) is 7.11 Å². The van der Waals surface area contributed by atoms with E-state index in [2.05, 4.69) is 15.8 Å². The lowest BCUT2D eigenvalue weighted by Crippen LogP contribution is -2.31.